The van der Waals surface area contributed by atoms with E-state index in [0.29, 0.717) is 43.5 Å². The highest BCUT2D eigenvalue weighted by Crippen LogP contribution is 2.43. The van der Waals surface area contributed by atoms with Crippen LogP contribution < -0.4 is 5.14 Å². The summed E-state index contributed by atoms with van der Waals surface area (Å²) in [7, 11) is -4.47. The van der Waals surface area contributed by atoms with Crippen molar-refractivity contribution in [1.82, 2.24) is 4.98 Å². The van der Waals surface area contributed by atoms with E-state index in [1.54, 1.807) is 13.0 Å². The van der Waals surface area contributed by atoms with Crippen LogP contribution in [0.1, 0.15) is 68.6 Å². The van der Waals surface area contributed by atoms with Crippen molar-refractivity contribution in [2.75, 3.05) is 0 Å². The van der Waals surface area contributed by atoms with Gasteiger partial charge in [0.25, 0.3) is 10.0 Å². The van der Waals surface area contributed by atoms with Crippen LogP contribution in [0.25, 0.3) is 11.1 Å². The molecule has 0 saturated heterocycles. The number of esters is 1. The number of aliphatic hydroxyl groups is 1. The average molecular weight is 603 g/mol. The summed E-state index contributed by atoms with van der Waals surface area (Å²) in [6.45, 7) is 3.78. The molecule has 1 aliphatic heterocycles. The Bertz CT molecular complexity index is 1590. The van der Waals surface area contributed by atoms with Crippen molar-refractivity contribution in [2.24, 2.45) is 5.14 Å². The number of aromatic nitrogens is 1. The van der Waals surface area contributed by atoms with Gasteiger partial charge in [-0.3, -0.25) is 0 Å². The second kappa shape index (κ2) is 12.3. The van der Waals surface area contributed by atoms with E-state index < -0.39 is 44.3 Å². The van der Waals surface area contributed by atoms with Crippen LogP contribution in [0, 0.1) is 0 Å². The number of nitrogens with zero attached hydrogens (tertiary/aromatic N) is 1. The average Bonchev–Trinajstić information content (AvgIpc) is 2.93. The number of hydrogen-bond donors (Lipinski definition) is 2. The molecule has 0 aliphatic carbocycles. The van der Waals surface area contributed by atoms with Gasteiger partial charge >= 0.3 is 12.1 Å². The quantitative estimate of drug-likeness (QED) is 0.245. The number of sulfonamides is 1. The van der Waals surface area contributed by atoms with Gasteiger partial charge in [0.1, 0.15) is 11.4 Å². The molecule has 1 aliphatic rings. The van der Waals surface area contributed by atoms with Gasteiger partial charge in [0, 0.05) is 24.1 Å². The smallest absolute Gasteiger partial charge is 0.417 e. The number of cyclic esters (lactones) is 1. The summed E-state index contributed by atoms with van der Waals surface area (Å²) >= 11 is 0. The summed E-state index contributed by atoms with van der Waals surface area (Å²) in [4.78, 5) is 17.0. The Labute approximate surface area is 243 Å². The Morgan fingerprint density at radius 2 is 1.79 bits per heavy atom. The van der Waals surface area contributed by atoms with Crippen molar-refractivity contribution in [3.8, 4) is 11.1 Å². The van der Waals surface area contributed by atoms with Crippen molar-refractivity contribution < 1.29 is 36.2 Å². The van der Waals surface area contributed by atoms with E-state index in [1.807, 2.05) is 37.3 Å². The standard InChI is InChI=1S/C31H33F3N2O5S/c1-3-14-30(15-13-20-9-6-5-7-10-20)18-26(37)27(29(38)41-30)24(4-2)21-11-8-12-22(16-21)25-17-23(31(32,33)34)19-36-28(25)42(35,39)40/h5-12,16-17,19,24,37H,3-4,13-15,18H2,1-2H3,(H2,35,39,40)/t24-,30-/m1/s1. The molecule has 4 rings (SSSR count). The van der Waals surface area contributed by atoms with Crippen molar-refractivity contribution in [1.29, 1.82) is 0 Å². The summed E-state index contributed by atoms with van der Waals surface area (Å²) < 4.78 is 70.8. The highest BCUT2D eigenvalue weighted by Gasteiger charge is 2.43. The van der Waals surface area contributed by atoms with Gasteiger partial charge < -0.3 is 9.84 Å². The van der Waals surface area contributed by atoms with Gasteiger partial charge in [0.2, 0.25) is 0 Å². The summed E-state index contributed by atoms with van der Waals surface area (Å²) in [5.41, 5.74) is -0.569. The Hall–Kier alpha value is -3.70. The lowest BCUT2D eigenvalue weighted by Gasteiger charge is -2.38. The first-order chi connectivity index (χ1) is 19.8. The molecule has 3 aromatic rings. The Kier molecular flexibility index (Phi) is 9.12. The topological polar surface area (TPSA) is 120 Å². The largest absolute Gasteiger partial charge is 0.512 e. The van der Waals surface area contributed by atoms with Gasteiger partial charge in [-0.05, 0) is 48.4 Å². The second-order valence-corrected chi connectivity index (χ2v) is 12.0. The fourth-order valence-electron chi connectivity index (χ4n) is 5.60. The lowest BCUT2D eigenvalue weighted by molar-refractivity contribution is -0.161. The zero-order valence-corrected chi connectivity index (χ0v) is 24.1. The van der Waals surface area contributed by atoms with E-state index in [9.17, 15) is 31.5 Å². The van der Waals surface area contributed by atoms with Crippen molar-refractivity contribution >= 4 is 16.0 Å². The third kappa shape index (κ3) is 6.84. The van der Waals surface area contributed by atoms with Gasteiger partial charge in [0.15, 0.2) is 5.03 Å². The van der Waals surface area contributed by atoms with E-state index in [-0.39, 0.29) is 28.9 Å². The van der Waals surface area contributed by atoms with Crippen LogP contribution in [-0.2, 0) is 32.2 Å². The maximum Gasteiger partial charge on any atom is 0.417 e. The number of hydrogen-bond acceptors (Lipinski definition) is 6. The number of carbonyl (C=O) groups excluding carboxylic acids is 1. The predicted octanol–water partition coefficient (Wildman–Crippen LogP) is 6.84. The van der Waals surface area contributed by atoms with E-state index in [4.69, 9.17) is 9.88 Å². The normalized spacial score (nSPS) is 18.6. The fraction of sp³-hybridized carbons (Fsp3) is 0.355. The third-order valence-electron chi connectivity index (χ3n) is 7.55. The van der Waals surface area contributed by atoms with Crippen molar-refractivity contribution in [2.45, 2.75) is 75.1 Å². The number of rotatable bonds is 10. The lowest BCUT2D eigenvalue weighted by atomic mass is 9.79. The number of ether oxygens (including phenoxy) is 1. The highest BCUT2D eigenvalue weighted by molar-refractivity contribution is 7.89. The minimum atomic E-state index is -4.77. The number of aryl methyl sites for hydroxylation is 1. The minimum absolute atomic E-state index is 0.0786. The number of benzene rings is 2. The molecule has 0 unspecified atom stereocenters. The third-order valence-corrected chi connectivity index (χ3v) is 8.42. The van der Waals surface area contributed by atoms with Crippen LogP contribution in [0.5, 0.6) is 0 Å². The van der Waals surface area contributed by atoms with Crippen LogP contribution in [0.15, 0.2) is 83.2 Å². The molecule has 0 amide bonds. The number of alkyl halides is 3. The van der Waals surface area contributed by atoms with Crippen molar-refractivity contribution in [3.63, 3.8) is 0 Å². The number of aliphatic hydroxyl groups excluding tert-OH is 1. The van der Waals surface area contributed by atoms with Gasteiger partial charge in [-0.1, -0.05) is 74.9 Å². The minimum Gasteiger partial charge on any atom is -0.512 e. The second-order valence-electron chi connectivity index (χ2n) is 10.6. The number of carbonyl (C=O) groups is 1. The SMILES string of the molecule is CCC[C@@]1(CCc2ccccc2)CC(O)=C([C@H](CC)c2cccc(-c3cc(C(F)(F)F)cnc3S(N)(=O)=O)c2)C(=O)O1. The zero-order chi connectivity index (χ0) is 30.7. The number of nitrogens with two attached hydrogens (primary N) is 1. The van der Waals surface area contributed by atoms with E-state index >= 15 is 0 Å². The first-order valence-electron chi connectivity index (χ1n) is 13.7. The molecule has 7 nitrogen and oxygen atoms in total. The first kappa shape index (κ1) is 31.2. The maximum atomic E-state index is 13.5. The lowest BCUT2D eigenvalue weighted by Crippen LogP contribution is -2.41. The van der Waals surface area contributed by atoms with E-state index in [0.717, 1.165) is 12.0 Å². The van der Waals surface area contributed by atoms with Gasteiger partial charge in [-0.2, -0.15) is 13.2 Å². The Balaban J connectivity index is 1.72. The molecule has 3 N–H and O–H groups in total. The molecule has 2 aromatic carbocycles. The van der Waals surface area contributed by atoms with E-state index in [2.05, 4.69) is 4.98 Å². The molecule has 0 spiro atoms. The highest BCUT2D eigenvalue weighted by atomic mass is 32.2. The molecule has 0 bridgehead atoms. The van der Waals surface area contributed by atoms with Gasteiger partial charge in [-0.25, -0.2) is 23.3 Å². The molecule has 0 fully saturated rings. The molecular weight excluding hydrogens is 569 g/mol. The van der Waals surface area contributed by atoms with Crippen LogP contribution in [-0.4, -0.2) is 30.1 Å². The molecule has 0 saturated carbocycles. The van der Waals surface area contributed by atoms with Crippen LogP contribution in [0.2, 0.25) is 0 Å². The van der Waals surface area contributed by atoms with Crippen LogP contribution >= 0.6 is 0 Å². The number of halogens is 3. The monoisotopic (exact) mass is 602 g/mol. The molecule has 1 aromatic heterocycles. The molecular formula is C31H33F3N2O5S. The summed E-state index contributed by atoms with van der Waals surface area (Å²) in [6.07, 6.45) is -1.37. The van der Waals surface area contributed by atoms with Crippen LogP contribution in [0.4, 0.5) is 13.2 Å². The molecule has 0 radical (unpaired) electrons. The van der Waals surface area contributed by atoms with Gasteiger partial charge in [-0.15, -0.1) is 0 Å². The molecule has 42 heavy (non-hydrogen) atoms. The van der Waals surface area contributed by atoms with Crippen molar-refractivity contribution in [3.05, 3.63) is 94.9 Å². The molecule has 11 heteroatoms. The molecule has 2 atom stereocenters. The zero-order valence-electron chi connectivity index (χ0n) is 23.3. The number of pyridine rings is 1. The Morgan fingerprint density at radius 1 is 1.07 bits per heavy atom. The molecule has 2 heterocycles. The maximum absolute atomic E-state index is 13.5. The Morgan fingerprint density at radius 3 is 2.38 bits per heavy atom. The van der Waals surface area contributed by atoms with Gasteiger partial charge in [0.05, 0.1) is 11.1 Å². The van der Waals surface area contributed by atoms with Crippen LogP contribution in [0.3, 0.4) is 0 Å². The molecule has 224 valence electrons. The summed E-state index contributed by atoms with van der Waals surface area (Å²) in [5, 5.41) is 15.8. The first-order valence-corrected chi connectivity index (χ1v) is 15.2. The fourth-order valence-corrected chi connectivity index (χ4v) is 6.28. The predicted molar refractivity (Wildman–Crippen MR) is 152 cm³/mol. The summed E-state index contributed by atoms with van der Waals surface area (Å²) in [6, 6.07) is 16.6. The van der Waals surface area contributed by atoms with E-state index in [1.165, 1.54) is 18.2 Å². The summed E-state index contributed by atoms with van der Waals surface area (Å²) in [5.74, 6) is -1.40. The number of primary sulfonamides is 1.